The van der Waals surface area contributed by atoms with E-state index in [0.29, 0.717) is 24.3 Å². The summed E-state index contributed by atoms with van der Waals surface area (Å²) in [6.07, 6.45) is -0.675. The normalized spacial score (nSPS) is 42.8. The first-order valence-corrected chi connectivity index (χ1v) is 13.3. The van der Waals surface area contributed by atoms with Crippen LogP contribution in [-0.2, 0) is 20.7 Å². The Morgan fingerprint density at radius 1 is 1.22 bits per heavy atom. The highest BCUT2D eigenvalue weighted by molar-refractivity contribution is 6.30. The number of halogens is 4. The minimum Gasteiger partial charge on any atom is -0.462 e. The van der Waals surface area contributed by atoms with Gasteiger partial charge in [0.1, 0.15) is 12.3 Å². The first-order valence-electron chi connectivity index (χ1n) is 12.9. The molecule has 1 aromatic rings. The molecule has 8 heteroatoms. The largest absolute Gasteiger partial charge is 0.462 e. The van der Waals surface area contributed by atoms with E-state index in [-0.39, 0.29) is 18.8 Å². The van der Waals surface area contributed by atoms with Gasteiger partial charge in [-0.25, -0.2) is 13.2 Å². The van der Waals surface area contributed by atoms with Crippen molar-refractivity contribution >= 4 is 23.4 Å². The fourth-order valence-corrected chi connectivity index (χ4v) is 8.38. The minimum atomic E-state index is -2.39. The number of aryl methyl sites for hydroxylation is 1. The Morgan fingerprint density at radius 3 is 2.54 bits per heavy atom. The lowest BCUT2D eigenvalue weighted by Crippen LogP contribution is -2.69. The number of rotatable bonds is 4. The van der Waals surface area contributed by atoms with Gasteiger partial charge < -0.3 is 9.84 Å². The maximum absolute atomic E-state index is 17.4. The van der Waals surface area contributed by atoms with Gasteiger partial charge in [0, 0.05) is 34.3 Å². The Balaban J connectivity index is 1.60. The van der Waals surface area contributed by atoms with Gasteiger partial charge in [-0.2, -0.15) is 0 Å². The van der Waals surface area contributed by atoms with Crippen LogP contribution in [0.1, 0.15) is 52.0 Å². The lowest BCUT2D eigenvalue weighted by Gasteiger charge is -2.62. The highest BCUT2D eigenvalue weighted by atomic mass is 35.5. The van der Waals surface area contributed by atoms with Gasteiger partial charge in [-0.05, 0) is 74.6 Å². The Labute approximate surface area is 219 Å². The molecule has 0 aromatic heterocycles. The standard InChI is InChI=1S/C29H32ClF3O4/c1-15-12-19-20-13-21(31)24-25(32)22(35)9-10-27(24,3)29(20,33)23(36)14-28(19,26(15)37-16(2)34)11-8-17-4-6-18(30)7-5-17/h4-7,9-10,15,19-21,23,26,36H,8,11-14H2,1-3H3/t15-,19+,20+,21+,23+,26-,27+,28+,29+/m1/s1. The molecule has 4 aliphatic carbocycles. The molecule has 4 aliphatic rings. The zero-order chi connectivity index (χ0) is 26.9. The maximum atomic E-state index is 17.4. The van der Waals surface area contributed by atoms with Gasteiger partial charge in [0.2, 0.25) is 5.78 Å². The SMILES string of the molecule is CC(=O)O[C@@H]1[C@H](C)C[C@H]2[C@@H]3C[C@H](F)C4=C(F)C(=O)C=C[C@]4(C)[C@@]3(F)[C@@H](O)C[C@]12CCc1ccc(Cl)cc1. The summed E-state index contributed by atoms with van der Waals surface area (Å²) in [5, 5.41) is 12.2. The number of ketones is 1. The molecular formula is C29H32ClF3O4. The molecule has 0 heterocycles. The summed E-state index contributed by atoms with van der Waals surface area (Å²) in [6, 6.07) is 7.36. The third-order valence-corrected chi connectivity index (χ3v) is 10.0. The van der Waals surface area contributed by atoms with E-state index in [1.165, 1.54) is 19.9 Å². The molecule has 1 aromatic carbocycles. The summed E-state index contributed by atoms with van der Waals surface area (Å²) in [5.41, 5.74) is -4.51. The van der Waals surface area contributed by atoms with Crippen molar-refractivity contribution in [3.63, 3.8) is 0 Å². The van der Waals surface area contributed by atoms with E-state index in [4.69, 9.17) is 16.3 Å². The molecular weight excluding hydrogens is 505 g/mol. The third-order valence-electron chi connectivity index (χ3n) is 9.77. The first-order chi connectivity index (χ1) is 17.3. The number of carbonyl (C=O) groups is 2. The number of fused-ring (bicyclic) bond motifs is 5. The summed E-state index contributed by atoms with van der Waals surface area (Å²) in [4.78, 5) is 24.2. The van der Waals surface area contributed by atoms with Crippen LogP contribution in [-0.4, -0.2) is 40.9 Å². The predicted octanol–water partition coefficient (Wildman–Crippen LogP) is 6.05. The summed E-state index contributed by atoms with van der Waals surface area (Å²) in [5.74, 6) is -4.23. The molecule has 0 aliphatic heterocycles. The molecule has 0 amide bonds. The maximum Gasteiger partial charge on any atom is 0.302 e. The van der Waals surface area contributed by atoms with Gasteiger partial charge in [-0.15, -0.1) is 0 Å². The fraction of sp³-hybridized carbons (Fsp3) is 0.586. The fourth-order valence-electron chi connectivity index (χ4n) is 8.26. The van der Waals surface area contributed by atoms with Crippen molar-refractivity contribution in [1.29, 1.82) is 0 Å². The zero-order valence-electron chi connectivity index (χ0n) is 21.1. The predicted molar refractivity (Wildman–Crippen MR) is 133 cm³/mol. The average Bonchev–Trinajstić information content (AvgIpc) is 3.09. The molecule has 4 nitrogen and oxygen atoms in total. The Kier molecular flexibility index (Phi) is 6.43. The number of aliphatic hydroxyl groups is 1. The molecule has 3 saturated carbocycles. The molecule has 9 atom stereocenters. The highest BCUT2D eigenvalue weighted by Crippen LogP contribution is 2.70. The topological polar surface area (TPSA) is 63.6 Å². The monoisotopic (exact) mass is 536 g/mol. The van der Waals surface area contributed by atoms with Crippen LogP contribution < -0.4 is 0 Å². The third kappa shape index (κ3) is 3.75. The number of aliphatic hydroxyl groups excluding tert-OH is 1. The van der Waals surface area contributed by atoms with E-state index in [0.717, 1.165) is 11.6 Å². The zero-order valence-corrected chi connectivity index (χ0v) is 21.9. The molecule has 200 valence electrons. The van der Waals surface area contributed by atoms with E-state index in [1.54, 1.807) is 12.1 Å². The Bertz CT molecular complexity index is 1180. The summed E-state index contributed by atoms with van der Waals surface area (Å²) >= 11 is 6.04. The summed E-state index contributed by atoms with van der Waals surface area (Å²) < 4.78 is 53.9. The first kappa shape index (κ1) is 26.5. The van der Waals surface area contributed by atoms with Crippen LogP contribution in [0.3, 0.4) is 0 Å². The van der Waals surface area contributed by atoms with Gasteiger partial charge in [0.15, 0.2) is 11.5 Å². The van der Waals surface area contributed by atoms with Crippen LogP contribution >= 0.6 is 11.6 Å². The number of allylic oxidation sites excluding steroid dienone is 4. The van der Waals surface area contributed by atoms with Crippen LogP contribution in [0.4, 0.5) is 13.2 Å². The second-order valence-electron chi connectivity index (χ2n) is 11.6. The number of benzene rings is 1. The molecule has 0 bridgehead atoms. The van der Waals surface area contributed by atoms with Crippen LogP contribution in [0.25, 0.3) is 0 Å². The van der Waals surface area contributed by atoms with Crippen molar-refractivity contribution in [2.45, 2.75) is 76.9 Å². The minimum absolute atomic E-state index is 0.0240. The number of esters is 1. The van der Waals surface area contributed by atoms with E-state index in [9.17, 15) is 19.1 Å². The van der Waals surface area contributed by atoms with Crippen molar-refractivity contribution < 1.29 is 32.6 Å². The van der Waals surface area contributed by atoms with Gasteiger partial charge in [0.05, 0.1) is 6.10 Å². The lowest BCUT2D eigenvalue weighted by molar-refractivity contribution is -0.217. The van der Waals surface area contributed by atoms with Crippen molar-refractivity contribution in [1.82, 2.24) is 0 Å². The number of ether oxygens (including phenoxy) is 1. The number of hydrogen-bond acceptors (Lipinski definition) is 4. The Hall–Kier alpha value is -2.12. The molecule has 3 fully saturated rings. The highest BCUT2D eigenvalue weighted by Gasteiger charge is 2.74. The lowest BCUT2D eigenvalue weighted by atomic mass is 9.44. The van der Waals surface area contributed by atoms with Crippen LogP contribution in [0.5, 0.6) is 0 Å². The second kappa shape index (κ2) is 8.98. The molecule has 37 heavy (non-hydrogen) atoms. The van der Waals surface area contributed by atoms with Crippen molar-refractivity contribution in [3.8, 4) is 0 Å². The van der Waals surface area contributed by atoms with Crippen LogP contribution in [0.2, 0.25) is 5.02 Å². The summed E-state index contributed by atoms with van der Waals surface area (Å²) in [6.45, 7) is 4.65. The molecule has 1 N–H and O–H groups in total. The second-order valence-corrected chi connectivity index (χ2v) is 12.1. The van der Waals surface area contributed by atoms with Crippen LogP contribution in [0, 0.1) is 28.6 Å². The van der Waals surface area contributed by atoms with Gasteiger partial charge >= 0.3 is 5.97 Å². The van der Waals surface area contributed by atoms with Gasteiger partial charge in [-0.1, -0.05) is 36.7 Å². The summed E-state index contributed by atoms with van der Waals surface area (Å²) in [7, 11) is 0. The van der Waals surface area contributed by atoms with Crippen molar-refractivity contribution in [2.24, 2.45) is 28.6 Å². The average molecular weight is 537 g/mol. The van der Waals surface area contributed by atoms with Crippen molar-refractivity contribution in [3.05, 3.63) is 58.4 Å². The number of alkyl halides is 2. The Morgan fingerprint density at radius 2 is 1.89 bits per heavy atom. The van der Waals surface area contributed by atoms with Crippen LogP contribution in [0.15, 0.2) is 47.8 Å². The molecule has 0 radical (unpaired) electrons. The van der Waals surface area contributed by atoms with E-state index < -0.39 is 69.9 Å². The quantitative estimate of drug-likeness (QED) is 0.476. The molecule has 5 rings (SSSR count). The molecule has 0 saturated heterocycles. The molecule has 0 unspecified atom stereocenters. The molecule has 0 spiro atoms. The number of carbonyl (C=O) groups excluding carboxylic acids is 2. The van der Waals surface area contributed by atoms with Crippen molar-refractivity contribution in [2.75, 3.05) is 0 Å². The van der Waals surface area contributed by atoms with E-state index >= 15 is 8.78 Å². The smallest absolute Gasteiger partial charge is 0.302 e. The van der Waals surface area contributed by atoms with E-state index in [1.807, 2.05) is 19.1 Å². The van der Waals surface area contributed by atoms with Gasteiger partial charge in [0.25, 0.3) is 0 Å². The van der Waals surface area contributed by atoms with Gasteiger partial charge in [-0.3, -0.25) is 9.59 Å². The number of hydrogen-bond donors (Lipinski definition) is 1. The van der Waals surface area contributed by atoms with E-state index in [2.05, 4.69) is 0 Å².